The fraction of sp³-hybridized carbons (Fsp3) is 0.273. The van der Waals surface area contributed by atoms with Crippen molar-refractivity contribution in [1.29, 1.82) is 0 Å². The molecule has 1 aromatic rings. The molecule has 0 heterocycles. The zero-order valence-electron chi connectivity index (χ0n) is 9.75. The minimum Gasteiger partial charge on any atom is -0.395 e. The van der Waals surface area contributed by atoms with Crippen molar-refractivity contribution in [3.05, 3.63) is 45.8 Å². The van der Waals surface area contributed by atoms with Crippen LogP contribution in [0.25, 0.3) is 4.85 Å². The van der Waals surface area contributed by atoms with Gasteiger partial charge in [-0.2, -0.15) is 0 Å². The van der Waals surface area contributed by atoms with Crippen molar-refractivity contribution >= 4 is 11.8 Å². The van der Waals surface area contributed by atoms with E-state index in [1.165, 1.54) is 38.1 Å². The van der Waals surface area contributed by atoms with E-state index in [2.05, 4.69) is 4.85 Å². The normalized spacial score (nSPS) is 10.3. The lowest BCUT2D eigenvalue weighted by atomic mass is 10.3. The molecular weight excluding hydrogens is 240 g/mol. The maximum Gasteiger partial charge on any atom is 0.519 e. The number of nitrogens with zero attached hydrogens (tertiary/aromatic N) is 2. The zero-order chi connectivity index (χ0) is 13.8. The number of nitro groups is 1. The van der Waals surface area contributed by atoms with Gasteiger partial charge in [0.15, 0.2) is 0 Å². The third-order valence-electron chi connectivity index (χ3n) is 1.85. The molecular formula is C11H10N2O5. The first kappa shape index (κ1) is 13.4. The molecule has 0 amide bonds. The monoisotopic (exact) mass is 250 g/mol. The Labute approximate surface area is 103 Å². The van der Waals surface area contributed by atoms with Gasteiger partial charge in [0.2, 0.25) is 0 Å². The van der Waals surface area contributed by atoms with Gasteiger partial charge in [-0.25, -0.2) is 11.4 Å². The summed E-state index contributed by atoms with van der Waals surface area (Å²) in [4.78, 5) is 24.2. The van der Waals surface area contributed by atoms with Crippen LogP contribution >= 0.6 is 0 Å². The van der Waals surface area contributed by atoms with Gasteiger partial charge in [-0.3, -0.25) is 15.0 Å². The first-order chi connectivity index (χ1) is 8.34. The molecule has 0 saturated heterocycles. The van der Waals surface area contributed by atoms with E-state index >= 15 is 0 Å². The molecule has 7 nitrogen and oxygen atoms in total. The highest BCUT2D eigenvalue weighted by Crippen LogP contribution is 2.19. The molecule has 1 rings (SSSR count). The number of carbonyl (C=O) groups excluding carboxylic acids is 1. The Hall–Kier alpha value is -2.62. The highest BCUT2D eigenvalue weighted by atomic mass is 16.7. The quantitative estimate of drug-likeness (QED) is 0.271. The Morgan fingerprint density at radius 2 is 1.94 bits per heavy atom. The molecule has 0 aliphatic carbocycles. The number of ether oxygens (including phenoxy) is 2. The van der Waals surface area contributed by atoms with Crippen molar-refractivity contribution in [1.82, 2.24) is 0 Å². The fourth-order valence-corrected chi connectivity index (χ4v) is 0.980. The van der Waals surface area contributed by atoms with Crippen molar-refractivity contribution in [2.45, 2.75) is 19.6 Å². The van der Waals surface area contributed by atoms with Crippen molar-refractivity contribution in [3.8, 4) is 5.75 Å². The van der Waals surface area contributed by atoms with Crippen LogP contribution in [0.1, 0.15) is 13.8 Å². The summed E-state index contributed by atoms with van der Waals surface area (Å²) in [6, 6.07) is 4.93. The Bertz CT molecular complexity index is 501. The van der Waals surface area contributed by atoms with Crippen LogP contribution in [0.3, 0.4) is 0 Å². The van der Waals surface area contributed by atoms with Crippen LogP contribution < -0.4 is 4.74 Å². The molecule has 0 unspecified atom stereocenters. The topological polar surface area (TPSA) is 83.0 Å². The van der Waals surface area contributed by atoms with Crippen LogP contribution in [0, 0.1) is 16.7 Å². The van der Waals surface area contributed by atoms with E-state index in [1.807, 2.05) is 0 Å². The standard InChI is InChI=1S/C11H10N2O5/c1-11(2,12-3)18-10(14)17-9-6-4-8(5-7-9)13(15)16/h4-7H,1-2H3. The molecule has 0 aliphatic heterocycles. The van der Waals surface area contributed by atoms with Crippen molar-refractivity contribution in [3.63, 3.8) is 0 Å². The Kier molecular flexibility index (Phi) is 3.84. The van der Waals surface area contributed by atoms with E-state index in [0.717, 1.165) is 0 Å². The van der Waals surface area contributed by atoms with Crippen LogP contribution in [0.5, 0.6) is 5.75 Å². The molecule has 0 radical (unpaired) electrons. The lowest BCUT2D eigenvalue weighted by Crippen LogP contribution is -2.25. The summed E-state index contributed by atoms with van der Waals surface area (Å²) in [6.45, 7) is 9.60. The first-order valence-corrected chi connectivity index (χ1v) is 4.88. The number of hydrogen-bond acceptors (Lipinski definition) is 5. The molecule has 0 atom stereocenters. The third-order valence-corrected chi connectivity index (χ3v) is 1.85. The van der Waals surface area contributed by atoms with Crippen LogP contribution in [0.4, 0.5) is 10.5 Å². The number of benzene rings is 1. The van der Waals surface area contributed by atoms with Gasteiger partial charge in [0.25, 0.3) is 5.69 Å². The predicted molar refractivity (Wildman–Crippen MR) is 60.9 cm³/mol. The van der Waals surface area contributed by atoms with Crippen molar-refractivity contribution in [2.75, 3.05) is 0 Å². The number of hydrogen-bond donors (Lipinski definition) is 0. The summed E-state index contributed by atoms with van der Waals surface area (Å²) in [5, 5.41) is 10.4. The summed E-state index contributed by atoms with van der Waals surface area (Å²) >= 11 is 0. The van der Waals surface area contributed by atoms with Crippen LogP contribution in [0.2, 0.25) is 0 Å². The molecule has 0 saturated carbocycles. The van der Waals surface area contributed by atoms with E-state index in [1.54, 1.807) is 0 Å². The van der Waals surface area contributed by atoms with E-state index in [-0.39, 0.29) is 11.4 Å². The predicted octanol–water partition coefficient (Wildman–Crippen LogP) is 2.77. The van der Waals surface area contributed by atoms with Crippen molar-refractivity contribution in [2.24, 2.45) is 0 Å². The van der Waals surface area contributed by atoms with Crippen molar-refractivity contribution < 1.29 is 19.2 Å². The number of rotatable bonds is 3. The molecule has 0 N–H and O–H groups in total. The second-order valence-electron chi connectivity index (χ2n) is 3.76. The fourth-order valence-electron chi connectivity index (χ4n) is 0.980. The van der Waals surface area contributed by atoms with Gasteiger partial charge in [0, 0.05) is 12.1 Å². The number of non-ortho nitro benzene ring substituents is 1. The molecule has 1 aromatic carbocycles. The van der Waals surface area contributed by atoms with E-state index in [9.17, 15) is 14.9 Å². The maximum atomic E-state index is 11.3. The highest BCUT2D eigenvalue weighted by molar-refractivity contribution is 5.64. The molecule has 0 spiro atoms. The minimum absolute atomic E-state index is 0.103. The molecule has 94 valence electrons. The molecule has 0 aromatic heterocycles. The van der Waals surface area contributed by atoms with Crippen LogP contribution in [0.15, 0.2) is 24.3 Å². The highest BCUT2D eigenvalue weighted by Gasteiger charge is 2.29. The van der Waals surface area contributed by atoms with Gasteiger partial charge in [0.1, 0.15) is 5.75 Å². The van der Waals surface area contributed by atoms with Gasteiger partial charge < -0.3 is 9.47 Å². The molecule has 0 fully saturated rings. The average molecular weight is 250 g/mol. The largest absolute Gasteiger partial charge is 0.519 e. The number of nitro benzene ring substituents is 1. The summed E-state index contributed by atoms with van der Waals surface area (Å²) in [7, 11) is 0. The smallest absolute Gasteiger partial charge is 0.395 e. The summed E-state index contributed by atoms with van der Waals surface area (Å²) in [5.41, 5.74) is -1.42. The Morgan fingerprint density at radius 1 is 1.39 bits per heavy atom. The number of carbonyl (C=O) groups is 1. The molecule has 0 bridgehead atoms. The lowest BCUT2D eigenvalue weighted by molar-refractivity contribution is -0.384. The van der Waals surface area contributed by atoms with Crippen LogP contribution in [-0.4, -0.2) is 16.8 Å². The van der Waals surface area contributed by atoms with E-state index in [0.29, 0.717) is 0 Å². The van der Waals surface area contributed by atoms with Gasteiger partial charge in [-0.05, 0) is 12.1 Å². The Balaban J connectivity index is 2.66. The summed E-state index contributed by atoms with van der Waals surface area (Å²) < 4.78 is 9.48. The average Bonchev–Trinajstić information content (AvgIpc) is 2.29. The lowest BCUT2D eigenvalue weighted by Gasteiger charge is -2.11. The van der Waals surface area contributed by atoms with Gasteiger partial charge in [-0.15, -0.1) is 0 Å². The summed E-state index contributed by atoms with van der Waals surface area (Å²) in [5.74, 6) is 0.103. The second kappa shape index (κ2) is 5.14. The van der Waals surface area contributed by atoms with Crippen LogP contribution in [-0.2, 0) is 4.74 Å². The Morgan fingerprint density at radius 3 is 2.39 bits per heavy atom. The molecule has 0 aliphatic rings. The first-order valence-electron chi connectivity index (χ1n) is 4.88. The van der Waals surface area contributed by atoms with E-state index < -0.39 is 16.8 Å². The third kappa shape index (κ3) is 3.75. The SMILES string of the molecule is [C-]#[N+]C(C)(C)OC(=O)Oc1ccc([N+](=O)[O-])cc1. The minimum atomic E-state index is -1.31. The van der Waals surface area contributed by atoms with Gasteiger partial charge >= 0.3 is 11.9 Å². The van der Waals surface area contributed by atoms with Gasteiger partial charge in [0.05, 0.1) is 18.8 Å². The molecule has 7 heteroatoms. The molecule has 18 heavy (non-hydrogen) atoms. The van der Waals surface area contributed by atoms with Gasteiger partial charge in [-0.1, -0.05) is 0 Å². The maximum absolute atomic E-state index is 11.3. The zero-order valence-corrected chi connectivity index (χ0v) is 9.75. The summed E-state index contributed by atoms with van der Waals surface area (Å²) in [6.07, 6.45) is -1.04. The van der Waals surface area contributed by atoms with E-state index in [4.69, 9.17) is 16.0 Å². The second-order valence-corrected chi connectivity index (χ2v) is 3.76.